The van der Waals surface area contributed by atoms with Crippen molar-refractivity contribution in [2.75, 3.05) is 18.8 Å². The SMILES string of the molecule is CC(N)C1CCN(C(=O)CSc2ccc(C(N)=O)cc2[N+](=O)[O-])CC1. The molecule has 0 radical (unpaired) electrons. The zero-order valence-electron chi connectivity index (χ0n) is 14.0. The highest BCUT2D eigenvalue weighted by Gasteiger charge is 2.25. The lowest BCUT2D eigenvalue weighted by atomic mass is 9.91. The minimum Gasteiger partial charge on any atom is -0.366 e. The highest BCUT2D eigenvalue weighted by Crippen LogP contribution is 2.30. The number of amides is 2. The Morgan fingerprint density at radius 3 is 2.56 bits per heavy atom. The summed E-state index contributed by atoms with van der Waals surface area (Å²) in [4.78, 5) is 36.2. The van der Waals surface area contributed by atoms with Crippen molar-refractivity contribution >= 4 is 29.3 Å². The van der Waals surface area contributed by atoms with Crippen molar-refractivity contribution in [2.45, 2.75) is 30.7 Å². The molecule has 1 aromatic rings. The molecule has 1 atom stereocenters. The molecule has 1 fully saturated rings. The highest BCUT2D eigenvalue weighted by atomic mass is 32.2. The molecule has 8 nitrogen and oxygen atoms in total. The van der Waals surface area contributed by atoms with Crippen LogP contribution in [0.4, 0.5) is 5.69 Å². The maximum atomic E-state index is 12.3. The van der Waals surface area contributed by atoms with Gasteiger partial charge in [-0.05, 0) is 37.8 Å². The van der Waals surface area contributed by atoms with Crippen molar-refractivity contribution in [1.29, 1.82) is 0 Å². The van der Waals surface area contributed by atoms with Crippen LogP contribution in [-0.2, 0) is 4.79 Å². The fourth-order valence-electron chi connectivity index (χ4n) is 2.84. The Hall–Kier alpha value is -2.13. The van der Waals surface area contributed by atoms with E-state index in [4.69, 9.17) is 11.5 Å². The number of nitro benzene ring substituents is 1. The molecule has 0 bridgehead atoms. The molecule has 0 aromatic heterocycles. The van der Waals surface area contributed by atoms with Crippen LogP contribution in [0.25, 0.3) is 0 Å². The summed E-state index contributed by atoms with van der Waals surface area (Å²) in [7, 11) is 0. The second kappa shape index (κ2) is 8.30. The van der Waals surface area contributed by atoms with E-state index in [0.717, 1.165) is 30.7 Å². The van der Waals surface area contributed by atoms with Crippen LogP contribution in [0, 0.1) is 16.0 Å². The number of nitro groups is 1. The van der Waals surface area contributed by atoms with Gasteiger partial charge in [-0.3, -0.25) is 19.7 Å². The van der Waals surface area contributed by atoms with Gasteiger partial charge in [-0.25, -0.2) is 0 Å². The molecular formula is C16H22N4O4S. The van der Waals surface area contributed by atoms with E-state index in [-0.39, 0.29) is 29.0 Å². The standard InChI is InChI=1S/C16H22N4O4S/c1-10(17)11-4-6-19(7-5-11)15(21)9-25-14-3-2-12(16(18)22)8-13(14)20(23)24/h2-3,8,10-11H,4-7,9,17H2,1H3,(H2,18,22). The van der Waals surface area contributed by atoms with Crippen LogP contribution in [0.2, 0.25) is 0 Å². The number of piperidine rings is 1. The van der Waals surface area contributed by atoms with E-state index in [1.807, 2.05) is 6.92 Å². The van der Waals surface area contributed by atoms with Crippen LogP contribution in [0.5, 0.6) is 0 Å². The number of carbonyl (C=O) groups is 2. The first-order chi connectivity index (χ1) is 11.8. The Morgan fingerprint density at radius 1 is 1.40 bits per heavy atom. The predicted octanol–water partition coefficient (Wildman–Crippen LogP) is 1.37. The minimum atomic E-state index is -0.729. The van der Waals surface area contributed by atoms with Gasteiger partial charge in [0.1, 0.15) is 0 Å². The topological polar surface area (TPSA) is 133 Å². The summed E-state index contributed by atoms with van der Waals surface area (Å²) >= 11 is 1.09. The third-order valence-corrected chi connectivity index (χ3v) is 5.47. The molecule has 2 amide bonds. The van der Waals surface area contributed by atoms with Crippen LogP contribution in [0.3, 0.4) is 0 Å². The maximum absolute atomic E-state index is 12.3. The monoisotopic (exact) mass is 366 g/mol. The van der Waals surface area contributed by atoms with Crippen LogP contribution >= 0.6 is 11.8 Å². The van der Waals surface area contributed by atoms with Gasteiger partial charge in [0.25, 0.3) is 5.69 Å². The van der Waals surface area contributed by atoms with Gasteiger partial charge < -0.3 is 16.4 Å². The summed E-state index contributed by atoms with van der Waals surface area (Å²) < 4.78 is 0. The molecule has 1 heterocycles. The number of carbonyl (C=O) groups excluding carboxylic acids is 2. The molecule has 1 unspecified atom stereocenters. The summed E-state index contributed by atoms with van der Waals surface area (Å²) in [6, 6.07) is 4.15. The van der Waals surface area contributed by atoms with Crippen LogP contribution in [0.15, 0.2) is 23.1 Å². The van der Waals surface area contributed by atoms with E-state index in [2.05, 4.69) is 0 Å². The quantitative estimate of drug-likeness (QED) is 0.444. The zero-order chi connectivity index (χ0) is 18.6. The van der Waals surface area contributed by atoms with Gasteiger partial charge in [0.05, 0.1) is 15.6 Å². The van der Waals surface area contributed by atoms with Crippen molar-refractivity contribution in [3.8, 4) is 0 Å². The van der Waals surface area contributed by atoms with Crippen LogP contribution in [-0.4, -0.2) is 46.5 Å². The van der Waals surface area contributed by atoms with Gasteiger partial charge >= 0.3 is 0 Å². The summed E-state index contributed by atoms with van der Waals surface area (Å²) in [6.07, 6.45) is 1.75. The van der Waals surface area contributed by atoms with Crippen molar-refractivity contribution in [2.24, 2.45) is 17.4 Å². The number of nitrogens with two attached hydrogens (primary N) is 2. The van der Waals surface area contributed by atoms with Gasteiger partial charge in [0, 0.05) is 30.8 Å². The molecule has 0 spiro atoms. The largest absolute Gasteiger partial charge is 0.366 e. The Kier molecular flexibility index (Phi) is 6.38. The second-order valence-electron chi connectivity index (χ2n) is 6.17. The Balaban J connectivity index is 1.98. The number of hydrogen-bond acceptors (Lipinski definition) is 6. The number of hydrogen-bond donors (Lipinski definition) is 2. The van der Waals surface area contributed by atoms with Crippen molar-refractivity contribution in [3.63, 3.8) is 0 Å². The van der Waals surface area contributed by atoms with Gasteiger partial charge in [0.2, 0.25) is 11.8 Å². The summed E-state index contributed by atoms with van der Waals surface area (Å²) in [5, 5.41) is 11.2. The molecule has 2 rings (SSSR count). The smallest absolute Gasteiger partial charge is 0.283 e. The molecule has 1 saturated heterocycles. The van der Waals surface area contributed by atoms with E-state index in [1.54, 1.807) is 4.90 Å². The maximum Gasteiger partial charge on any atom is 0.283 e. The van der Waals surface area contributed by atoms with E-state index in [9.17, 15) is 19.7 Å². The molecular weight excluding hydrogens is 344 g/mol. The fourth-order valence-corrected chi connectivity index (χ4v) is 3.75. The van der Waals surface area contributed by atoms with Crippen molar-refractivity contribution in [1.82, 2.24) is 4.90 Å². The van der Waals surface area contributed by atoms with E-state index >= 15 is 0 Å². The summed E-state index contributed by atoms with van der Waals surface area (Å²) in [5.41, 5.74) is 10.9. The van der Waals surface area contributed by atoms with Gasteiger partial charge in [-0.2, -0.15) is 0 Å². The molecule has 9 heteroatoms. The number of benzene rings is 1. The lowest BCUT2D eigenvalue weighted by molar-refractivity contribution is -0.387. The predicted molar refractivity (Wildman–Crippen MR) is 95.3 cm³/mol. The molecule has 1 aliphatic heterocycles. The van der Waals surface area contributed by atoms with E-state index in [0.29, 0.717) is 23.9 Å². The Labute approximate surface area is 150 Å². The minimum absolute atomic E-state index is 0.0543. The number of nitrogens with zero attached hydrogens (tertiary/aromatic N) is 2. The third kappa shape index (κ3) is 4.93. The zero-order valence-corrected chi connectivity index (χ0v) is 14.8. The molecule has 0 aliphatic carbocycles. The number of likely N-dealkylation sites (tertiary alicyclic amines) is 1. The lowest BCUT2D eigenvalue weighted by Gasteiger charge is -2.33. The van der Waals surface area contributed by atoms with Crippen LogP contribution in [0.1, 0.15) is 30.1 Å². The second-order valence-corrected chi connectivity index (χ2v) is 7.19. The molecule has 25 heavy (non-hydrogen) atoms. The first-order valence-electron chi connectivity index (χ1n) is 8.04. The average Bonchev–Trinajstić information content (AvgIpc) is 2.59. The molecule has 1 aromatic carbocycles. The first kappa shape index (κ1) is 19.2. The molecule has 1 aliphatic rings. The van der Waals surface area contributed by atoms with E-state index < -0.39 is 10.8 Å². The lowest BCUT2D eigenvalue weighted by Crippen LogP contribution is -2.43. The van der Waals surface area contributed by atoms with E-state index in [1.165, 1.54) is 12.1 Å². The number of thioether (sulfide) groups is 1. The molecule has 136 valence electrons. The third-order valence-electron chi connectivity index (χ3n) is 4.43. The highest BCUT2D eigenvalue weighted by molar-refractivity contribution is 8.00. The van der Waals surface area contributed by atoms with Gasteiger partial charge in [-0.1, -0.05) is 0 Å². The Bertz CT molecular complexity index is 672. The van der Waals surface area contributed by atoms with Gasteiger partial charge in [-0.15, -0.1) is 11.8 Å². The van der Waals surface area contributed by atoms with Crippen molar-refractivity contribution in [3.05, 3.63) is 33.9 Å². The van der Waals surface area contributed by atoms with Crippen LogP contribution < -0.4 is 11.5 Å². The molecule has 4 N–H and O–H groups in total. The first-order valence-corrected chi connectivity index (χ1v) is 9.02. The average molecular weight is 366 g/mol. The number of primary amides is 1. The van der Waals surface area contributed by atoms with Gasteiger partial charge in [0.15, 0.2) is 0 Å². The van der Waals surface area contributed by atoms with Crippen molar-refractivity contribution < 1.29 is 14.5 Å². The fraction of sp³-hybridized carbons (Fsp3) is 0.500. The Morgan fingerprint density at radius 2 is 2.04 bits per heavy atom. The molecule has 0 saturated carbocycles. The summed E-state index contributed by atoms with van der Waals surface area (Å²) in [5.74, 6) is -0.243. The normalized spacial score (nSPS) is 16.5. The number of rotatable bonds is 6. The summed E-state index contributed by atoms with van der Waals surface area (Å²) in [6.45, 7) is 3.30.